The van der Waals surface area contributed by atoms with Crippen LogP contribution in [-0.4, -0.2) is 75.8 Å². The second-order valence-electron chi connectivity index (χ2n) is 9.99. The van der Waals surface area contributed by atoms with E-state index in [2.05, 4.69) is 75.9 Å². The van der Waals surface area contributed by atoms with Gasteiger partial charge >= 0.3 is 77.0 Å². The number of Topliss-reactive ketones (excluding diaryl/α,β-unsaturated/α-hetero) is 2. The molecule has 2 aliphatic heterocycles. The summed E-state index contributed by atoms with van der Waals surface area (Å²) in [5, 5.41) is 0. The molecule has 2 rings (SSSR count). The van der Waals surface area contributed by atoms with Gasteiger partial charge in [0.05, 0.1) is 4.83 Å². The number of nitrogens with zero attached hydrogens (tertiary/aromatic N) is 2. The van der Waals surface area contributed by atoms with E-state index in [9.17, 15) is 19.2 Å². The van der Waals surface area contributed by atoms with E-state index in [0.29, 0.717) is 51.9 Å². The maximum absolute atomic E-state index is 11.8. The Kier molecular flexibility index (Phi) is 26.0. The van der Waals surface area contributed by atoms with E-state index in [1.165, 1.54) is 0 Å². The van der Waals surface area contributed by atoms with Gasteiger partial charge in [-0.2, -0.15) is 0 Å². The molecule has 2 aliphatic rings. The monoisotopic (exact) mass is 981 g/mol. The summed E-state index contributed by atoms with van der Waals surface area (Å²) in [4.78, 5) is 48.8. The molecule has 8 nitrogen and oxygen atoms in total. The van der Waals surface area contributed by atoms with Crippen LogP contribution >= 0.6 is 75.9 Å². The number of hydrogen-bond acceptors (Lipinski definition) is 6. The average Bonchev–Trinajstić information content (AvgIpc) is 3.06. The van der Waals surface area contributed by atoms with Crippen molar-refractivity contribution in [1.29, 1.82) is 0 Å². The second kappa shape index (κ2) is 22.7. The Morgan fingerprint density at radius 1 is 0.816 bits per heavy atom. The number of ether oxygens (including phenoxy) is 2. The molecule has 0 aromatic rings. The first-order valence-corrected chi connectivity index (χ1v) is 26.8. The fourth-order valence-corrected chi connectivity index (χ4v) is 3.36. The molecule has 0 aromatic carbocycles. The van der Waals surface area contributed by atoms with Crippen molar-refractivity contribution in [2.75, 3.05) is 26.2 Å². The molecule has 0 N–H and O–H groups in total. The zero-order valence-electron chi connectivity index (χ0n) is 24.2. The molecule has 2 saturated heterocycles. The molecule has 0 radical (unpaired) electrons. The Morgan fingerprint density at radius 3 is 1.63 bits per heavy atom. The molecule has 2 amide bonds. The predicted octanol–water partition coefficient (Wildman–Crippen LogP) is 8.46. The number of carbonyl (C=O) groups is 4. The van der Waals surface area contributed by atoms with Crippen LogP contribution in [0.5, 0.6) is 0 Å². The van der Waals surface area contributed by atoms with E-state index in [-0.39, 0.29) is 40.9 Å². The summed E-state index contributed by atoms with van der Waals surface area (Å²) in [6, 6.07) is 0. The summed E-state index contributed by atoms with van der Waals surface area (Å²) < 4.78 is 10.5. The molecule has 0 saturated carbocycles. The number of hydrogen-bond donors (Lipinski definition) is 0. The van der Waals surface area contributed by atoms with Gasteiger partial charge in [0.1, 0.15) is 22.8 Å². The van der Waals surface area contributed by atoms with Crippen LogP contribution in [0.25, 0.3) is 0 Å². The molecule has 1 unspecified atom stereocenters. The van der Waals surface area contributed by atoms with Crippen molar-refractivity contribution in [1.82, 2.24) is 9.80 Å². The molecule has 0 aliphatic carbocycles. The van der Waals surface area contributed by atoms with E-state index in [1.54, 1.807) is 9.80 Å². The van der Waals surface area contributed by atoms with Crippen LogP contribution in [0.1, 0.15) is 87.5 Å². The third-order valence-electron chi connectivity index (χ3n) is 4.48. The summed E-state index contributed by atoms with van der Waals surface area (Å²) in [6.45, 7) is 17.2. The van der Waals surface area contributed by atoms with Crippen LogP contribution in [0.2, 0.25) is 0 Å². The van der Waals surface area contributed by atoms with Crippen molar-refractivity contribution in [2.45, 2.75) is 104 Å². The van der Waals surface area contributed by atoms with Crippen LogP contribution in [-0.2, 0) is 24.0 Å². The molecular weight excluding hydrogens is 936 g/mol. The van der Waals surface area contributed by atoms with E-state index in [1.807, 2.05) is 55.4 Å². The molecule has 226 valence electrons. The van der Waals surface area contributed by atoms with Gasteiger partial charge in [0.25, 0.3) is 0 Å². The molecular formula is C25H46BrI3N2O6V-. The number of rotatable bonds is 0. The molecule has 0 bridgehead atoms. The van der Waals surface area contributed by atoms with Crippen LogP contribution in [0, 0.1) is 7.43 Å². The van der Waals surface area contributed by atoms with E-state index >= 15 is 0 Å². The molecule has 2 fully saturated rings. The molecule has 13 heteroatoms. The first-order valence-electron chi connectivity index (χ1n) is 12.3. The third kappa shape index (κ3) is 24.9. The van der Waals surface area contributed by atoms with Crippen molar-refractivity contribution in [2.24, 2.45) is 0 Å². The summed E-state index contributed by atoms with van der Waals surface area (Å²) in [6.07, 6.45) is 2.20. The van der Waals surface area contributed by atoms with Gasteiger partial charge in [-0.1, -0.05) is 29.8 Å². The van der Waals surface area contributed by atoms with E-state index in [4.69, 9.17) is 9.47 Å². The Labute approximate surface area is 277 Å². The van der Waals surface area contributed by atoms with Gasteiger partial charge in [0.15, 0.2) is 0 Å². The fourth-order valence-electron chi connectivity index (χ4n) is 2.93. The third-order valence-corrected chi connectivity index (χ3v) is 5.45. The molecule has 2 heterocycles. The van der Waals surface area contributed by atoms with Gasteiger partial charge in [-0.05, 0) is 54.4 Å². The topological polar surface area (TPSA) is 93.2 Å². The second-order valence-corrected chi connectivity index (χ2v) is 46.5. The van der Waals surface area contributed by atoms with Crippen LogP contribution < -0.4 is 0 Å². The number of alkyl halides is 1. The number of likely N-dealkylation sites (tertiary alicyclic amines) is 2. The van der Waals surface area contributed by atoms with Gasteiger partial charge in [-0.25, -0.2) is 9.59 Å². The number of halogens is 4. The standard InChI is InChI=1S/C11H18BrNO3.C11H19NO3.C2H6.CH3.3HI.V/c1-11(2,3)16-10(15)13-6-4-8(12)9(14)5-7-13;1-11(2,3)15-10(14)12-7-4-5-9(13)6-8-12;1-2;;;;;/h8H,4-7H2,1-3H3;4-8H2,1-3H3;1-2H3;1H3;3*1H;/q;;;-1;;;;+3/p-3. The van der Waals surface area contributed by atoms with Gasteiger partial charge in [0, 0.05) is 45.4 Å². The minimum atomic E-state index is -0.485. The number of carbonyl (C=O) groups excluding carboxylic acids is 4. The fraction of sp³-hybridized carbons (Fsp3) is 0.800. The Bertz CT molecular complexity index is 715. The average molecular weight is 982 g/mol. The minimum absolute atomic E-state index is 0. The van der Waals surface area contributed by atoms with Crippen molar-refractivity contribution in [3.05, 3.63) is 7.43 Å². The zero-order chi connectivity index (χ0) is 29.4. The van der Waals surface area contributed by atoms with E-state index < -0.39 is 11.2 Å². The van der Waals surface area contributed by atoms with Crippen LogP contribution in [0.3, 0.4) is 0 Å². The van der Waals surface area contributed by atoms with Gasteiger partial charge < -0.3 is 26.7 Å². The zero-order valence-corrected chi connectivity index (χ0v) is 33.7. The van der Waals surface area contributed by atoms with Gasteiger partial charge in [-0.15, -0.1) is 0 Å². The SMILES string of the molecule is CC.CC(C)(C)OC(=O)N1CCC(=O)C(Br)CC1.CC(C)(C)OC(=O)N1CCCC(=O)CC1.[CH3-].[I][V]([I])[I]. The summed E-state index contributed by atoms with van der Waals surface area (Å²) >= 11 is 10.7. The maximum atomic E-state index is 11.8. The van der Waals surface area contributed by atoms with Gasteiger partial charge in [0.2, 0.25) is 0 Å². The first-order chi connectivity index (χ1) is 16.9. The van der Waals surface area contributed by atoms with Crippen LogP contribution in [0.4, 0.5) is 9.59 Å². The predicted molar refractivity (Wildman–Crippen MR) is 181 cm³/mol. The van der Waals surface area contributed by atoms with Crippen LogP contribution in [0.15, 0.2) is 0 Å². The van der Waals surface area contributed by atoms with Crippen molar-refractivity contribution >= 4 is 99.6 Å². The van der Waals surface area contributed by atoms with Gasteiger partial charge in [-0.3, -0.25) is 9.59 Å². The number of ketones is 2. The van der Waals surface area contributed by atoms with Crippen molar-refractivity contribution in [3.63, 3.8) is 0 Å². The quantitative estimate of drug-likeness (QED) is 0.138. The molecule has 0 aromatic heterocycles. The summed E-state index contributed by atoms with van der Waals surface area (Å²) in [7, 11) is 0. The Hall–Kier alpha value is 1.13. The molecule has 1 atom stereocenters. The van der Waals surface area contributed by atoms with Crippen molar-refractivity contribution in [3.8, 4) is 0 Å². The Morgan fingerprint density at radius 2 is 1.21 bits per heavy atom. The molecule has 38 heavy (non-hydrogen) atoms. The first kappa shape index (κ1) is 43.6. The molecule has 0 spiro atoms. The normalized spacial score (nSPS) is 18.1. The van der Waals surface area contributed by atoms with E-state index in [0.717, 1.165) is 6.42 Å². The summed E-state index contributed by atoms with van der Waals surface area (Å²) in [5.41, 5.74) is -0.950. The Balaban J connectivity index is -0.000000523. The summed E-state index contributed by atoms with van der Waals surface area (Å²) in [5.74, 6) is 0.395. The number of amides is 2. The van der Waals surface area contributed by atoms with Crippen molar-refractivity contribution < 1.29 is 33.6 Å².